The normalized spacial score (nSPS) is 11.1. The van der Waals surface area contributed by atoms with Crippen molar-refractivity contribution in [1.29, 1.82) is 0 Å². The molecule has 0 radical (unpaired) electrons. The minimum Gasteiger partial charge on any atom is -0.384 e. The van der Waals surface area contributed by atoms with E-state index in [9.17, 15) is 0 Å². The highest BCUT2D eigenvalue weighted by Crippen LogP contribution is 2.29. The van der Waals surface area contributed by atoms with Gasteiger partial charge in [-0.2, -0.15) is 0 Å². The first-order valence-electron chi connectivity index (χ1n) is 9.41. The molecule has 0 saturated carbocycles. The molecular weight excluding hydrogens is 350 g/mol. The van der Waals surface area contributed by atoms with Gasteiger partial charge >= 0.3 is 0 Å². The van der Waals surface area contributed by atoms with Crippen LogP contribution in [0, 0.1) is 0 Å². The van der Waals surface area contributed by atoms with Crippen LogP contribution in [0.2, 0.25) is 0 Å². The summed E-state index contributed by atoms with van der Waals surface area (Å²) in [5, 5.41) is 3.36. The molecule has 0 saturated heterocycles. The highest BCUT2D eigenvalue weighted by atomic mass is 16.5. The summed E-state index contributed by atoms with van der Waals surface area (Å²) in [7, 11) is 1.70. The number of imidazole rings is 1. The molecule has 0 bridgehead atoms. The van der Waals surface area contributed by atoms with E-state index in [1.165, 1.54) is 0 Å². The molecule has 2 N–H and O–H groups in total. The second-order valence-corrected chi connectivity index (χ2v) is 6.65. The number of methoxy groups -OCH3 is 1. The van der Waals surface area contributed by atoms with Crippen molar-refractivity contribution in [2.75, 3.05) is 19.0 Å². The third-order valence-corrected chi connectivity index (χ3v) is 4.52. The van der Waals surface area contributed by atoms with Crippen LogP contribution in [0.1, 0.15) is 18.9 Å². The summed E-state index contributed by atoms with van der Waals surface area (Å²) < 4.78 is 5.25. The molecule has 0 amide bonds. The van der Waals surface area contributed by atoms with E-state index in [1.807, 2.05) is 42.6 Å². The third kappa shape index (κ3) is 3.73. The molecule has 4 aromatic rings. The number of ether oxygens (including phenoxy) is 1. The third-order valence-electron chi connectivity index (χ3n) is 4.52. The van der Waals surface area contributed by atoms with Crippen molar-refractivity contribution in [3.8, 4) is 22.6 Å². The zero-order valence-electron chi connectivity index (χ0n) is 16.1. The van der Waals surface area contributed by atoms with Gasteiger partial charge in [-0.1, -0.05) is 25.1 Å². The summed E-state index contributed by atoms with van der Waals surface area (Å²) in [5.41, 5.74) is 7.45. The Morgan fingerprint density at radius 1 is 1.07 bits per heavy atom. The summed E-state index contributed by atoms with van der Waals surface area (Å²) in [4.78, 5) is 17.1. The minimum absolute atomic E-state index is 0.570. The number of anilines is 1. The standard InChI is InChI=1S/C22H23N5O/c1-3-9-23-17-11-20-18(24-12-17)7-8-19(27-20)22-21(25-14-26-22)16-6-4-5-15(10-16)13-28-2/h4-8,10-12,14,23H,3,9,13H2,1-2H3,(H,25,26). The summed E-state index contributed by atoms with van der Waals surface area (Å²) in [6.07, 6.45) is 4.62. The van der Waals surface area contributed by atoms with E-state index >= 15 is 0 Å². The largest absolute Gasteiger partial charge is 0.384 e. The van der Waals surface area contributed by atoms with E-state index in [-0.39, 0.29) is 0 Å². The van der Waals surface area contributed by atoms with Crippen LogP contribution in [0.5, 0.6) is 0 Å². The van der Waals surface area contributed by atoms with Crippen LogP contribution in [0.4, 0.5) is 5.69 Å². The van der Waals surface area contributed by atoms with Crippen LogP contribution in [-0.4, -0.2) is 33.6 Å². The number of nitrogens with one attached hydrogen (secondary N) is 2. The summed E-state index contributed by atoms with van der Waals surface area (Å²) in [6, 6.07) is 14.2. The number of aromatic nitrogens is 4. The Morgan fingerprint density at radius 3 is 2.86 bits per heavy atom. The van der Waals surface area contributed by atoms with Gasteiger partial charge < -0.3 is 15.0 Å². The second kappa shape index (κ2) is 8.19. The molecule has 0 aliphatic carbocycles. The smallest absolute Gasteiger partial charge is 0.0977 e. The molecule has 6 nitrogen and oxygen atoms in total. The molecule has 6 heteroatoms. The van der Waals surface area contributed by atoms with E-state index in [0.29, 0.717) is 6.61 Å². The van der Waals surface area contributed by atoms with Gasteiger partial charge in [-0.3, -0.25) is 4.98 Å². The summed E-state index contributed by atoms with van der Waals surface area (Å²) in [5.74, 6) is 0. The van der Waals surface area contributed by atoms with Crippen molar-refractivity contribution in [3.05, 3.63) is 60.6 Å². The molecule has 4 rings (SSSR count). The molecule has 0 aliphatic heterocycles. The Morgan fingerprint density at radius 2 is 2.00 bits per heavy atom. The number of hydrogen-bond donors (Lipinski definition) is 2. The molecule has 28 heavy (non-hydrogen) atoms. The van der Waals surface area contributed by atoms with Crippen molar-refractivity contribution in [2.24, 2.45) is 0 Å². The Kier molecular flexibility index (Phi) is 5.30. The van der Waals surface area contributed by atoms with Crippen molar-refractivity contribution >= 4 is 16.7 Å². The lowest BCUT2D eigenvalue weighted by Crippen LogP contribution is -2.00. The first kappa shape index (κ1) is 18.1. The number of benzene rings is 1. The quantitative estimate of drug-likeness (QED) is 0.493. The van der Waals surface area contributed by atoms with Crippen molar-refractivity contribution in [1.82, 2.24) is 19.9 Å². The fourth-order valence-corrected chi connectivity index (χ4v) is 3.20. The van der Waals surface area contributed by atoms with Crippen molar-refractivity contribution < 1.29 is 4.74 Å². The monoisotopic (exact) mass is 373 g/mol. The molecule has 0 fully saturated rings. The molecular formula is C22H23N5O. The summed E-state index contributed by atoms with van der Waals surface area (Å²) in [6.45, 7) is 3.62. The zero-order chi connectivity index (χ0) is 19.3. The maximum Gasteiger partial charge on any atom is 0.0977 e. The maximum atomic E-state index is 5.25. The van der Waals surface area contributed by atoms with Gasteiger partial charge in [0.05, 0.1) is 52.9 Å². The molecule has 0 aliphatic rings. The van der Waals surface area contributed by atoms with Crippen molar-refractivity contribution in [3.63, 3.8) is 0 Å². The fraction of sp³-hybridized carbons (Fsp3) is 0.227. The van der Waals surface area contributed by atoms with E-state index in [1.54, 1.807) is 13.4 Å². The van der Waals surface area contributed by atoms with Gasteiger partial charge in [0.2, 0.25) is 0 Å². The highest BCUT2D eigenvalue weighted by Gasteiger charge is 2.13. The van der Waals surface area contributed by atoms with Gasteiger partial charge in [0, 0.05) is 19.2 Å². The number of aromatic amines is 1. The fourth-order valence-electron chi connectivity index (χ4n) is 3.20. The number of pyridine rings is 2. The van der Waals surface area contributed by atoms with Gasteiger partial charge in [-0.05, 0) is 36.2 Å². The molecule has 0 unspecified atom stereocenters. The Hall–Kier alpha value is -3.25. The molecule has 0 spiro atoms. The van der Waals surface area contributed by atoms with Crippen LogP contribution >= 0.6 is 0 Å². The molecule has 1 aromatic carbocycles. The molecule has 0 atom stereocenters. The van der Waals surface area contributed by atoms with Crippen LogP contribution in [0.15, 0.2) is 55.0 Å². The Bertz CT molecular complexity index is 1090. The van der Waals surface area contributed by atoms with E-state index in [2.05, 4.69) is 33.3 Å². The Balaban J connectivity index is 1.73. The van der Waals surface area contributed by atoms with E-state index in [4.69, 9.17) is 9.72 Å². The number of hydrogen-bond acceptors (Lipinski definition) is 5. The molecule has 3 heterocycles. The Labute approximate surface area is 164 Å². The zero-order valence-corrected chi connectivity index (χ0v) is 16.1. The number of nitrogens with zero attached hydrogens (tertiary/aromatic N) is 3. The molecule has 3 aromatic heterocycles. The van der Waals surface area contributed by atoms with E-state index in [0.717, 1.165) is 57.9 Å². The lowest BCUT2D eigenvalue weighted by Gasteiger charge is -2.08. The van der Waals surface area contributed by atoms with Crippen LogP contribution in [0.3, 0.4) is 0 Å². The minimum atomic E-state index is 0.570. The lowest BCUT2D eigenvalue weighted by molar-refractivity contribution is 0.185. The lowest BCUT2D eigenvalue weighted by atomic mass is 10.1. The van der Waals surface area contributed by atoms with Crippen LogP contribution in [0.25, 0.3) is 33.7 Å². The predicted octanol–water partition coefficient (Wildman–Crippen LogP) is 4.66. The first-order valence-corrected chi connectivity index (χ1v) is 9.41. The van der Waals surface area contributed by atoms with Gasteiger partial charge in [-0.25, -0.2) is 9.97 Å². The number of rotatable bonds is 7. The SMILES string of the molecule is CCCNc1cnc2ccc(-c3[nH]cnc3-c3cccc(COC)c3)nc2c1. The van der Waals surface area contributed by atoms with Gasteiger partial charge in [0.25, 0.3) is 0 Å². The van der Waals surface area contributed by atoms with Crippen LogP contribution in [-0.2, 0) is 11.3 Å². The topological polar surface area (TPSA) is 75.7 Å². The number of fused-ring (bicyclic) bond motifs is 1. The predicted molar refractivity (Wildman–Crippen MR) is 112 cm³/mol. The van der Waals surface area contributed by atoms with Gasteiger partial charge in [0.15, 0.2) is 0 Å². The van der Waals surface area contributed by atoms with Crippen molar-refractivity contribution in [2.45, 2.75) is 20.0 Å². The van der Waals surface area contributed by atoms with Gasteiger partial charge in [0.1, 0.15) is 0 Å². The maximum absolute atomic E-state index is 5.25. The second-order valence-electron chi connectivity index (χ2n) is 6.65. The van der Waals surface area contributed by atoms with E-state index < -0.39 is 0 Å². The highest BCUT2D eigenvalue weighted by molar-refractivity contribution is 5.83. The average Bonchev–Trinajstić information content (AvgIpc) is 3.22. The average molecular weight is 373 g/mol. The summed E-state index contributed by atoms with van der Waals surface area (Å²) >= 11 is 0. The van der Waals surface area contributed by atoms with Crippen LogP contribution < -0.4 is 5.32 Å². The molecule has 142 valence electrons. The van der Waals surface area contributed by atoms with Gasteiger partial charge in [-0.15, -0.1) is 0 Å². The number of H-pyrrole nitrogens is 1. The first-order chi connectivity index (χ1) is 13.8.